The summed E-state index contributed by atoms with van der Waals surface area (Å²) in [6.07, 6.45) is 2.00. The Bertz CT molecular complexity index is 94.9. The minimum atomic E-state index is -0.577. The Morgan fingerprint density at radius 3 is 2.80 bits per heavy atom. The highest BCUT2D eigenvalue weighted by molar-refractivity contribution is 4.67. The van der Waals surface area contributed by atoms with Crippen molar-refractivity contribution in [3.05, 3.63) is 0 Å². The molecule has 2 N–H and O–H groups in total. The third-order valence-corrected chi connectivity index (χ3v) is 1.91. The molecule has 3 heteroatoms. The van der Waals surface area contributed by atoms with Crippen LogP contribution < -0.4 is 0 Å². The van der Waals surface area contributed by atoms with Crippen molar-refractivity contribution in [1.29, 1.82) is 0 Å². The van der Waals surface area contributed by atoms with Gasteiger partial charge in [-0.3, -0.25) is 0 Å². The SMILES string of the molecule is OCCCC1CCOC1O. The van der Waals surface area contributed by atoms with Gasteiger partial charge in [0.1, 0.15) is 0 Å². The average Bonchev–Trinajstić information content (AvgIpc) is 2.31. The largest absolute Gasteiger partial charge is 0.396 e. The van der Waals surface area contributed by atoms with Crippen molar-refractivity contribution < 1.29 is 14.9 Å². The molecule has 0 aromatic carbocycles. The number of rotatable bonds is 3. The smallest absolute Gasteiger partial charge is 0.157 e. The molecular formula is C7H14O3. The fourth-order valence-corrected chi connectivity index (χ4v) is 1.26. The molecule has 3 nitrogen and oxygen atoms in total. The first-order valence-electron chi connectivity index (χ1n) is 3.75. The zero-order chi connectivity index (χ0) is 7.40. The lowest BCUT2D eigenvalue weighted by molar-refractivity contribution is -0.0839. The van der Waals surface area contributed by atoms with Gasteiger partial charge in [0.2, 0.25) is 0 Å². The van der Waals surface area contributed by atoms with Gasteiger partial charge in [-0.25, -0.2) is 0 Å². The van der Waals surface area contributed by atoms with Gasteiger partial charge in [0.15, 0.2) is 6.29 Å². The maximum absolute atomic E-state index is 9.11. The summed E-state index contributed by atoms with van der Waals surface area (Å²) in [5, 5.41) is 17.6. The van der Waals surface area contributed by atoms with Gasteiger partial charge >= 0.3 is 0 Å². The molecule has 0 saturated carbocycles. The Kier molecular flexibility index (Phi) is 3.12. The fraction of sp³-hybridized carbons (Fsp3) is 1.00. The van der Waals surface area contributed by atoms with Crippen LogP contribution in [0.25, 0.3) is 0 Å². The van der Waals surface area contributed by atoms with Crippen LogP contribution in [0.3, 0.4) is 0 Å². The minimum absolute atomic E-state index is 0.212. The fourth-order valence-electron chi connectivity index (χ4n) is 1.26. The topological polar surface area (TPSA) is 49.7 Å². The monoisotopic (exact) mass is 146 g/mol. The van der Waals surface area contributed by atoms with Crippen molar-refractivity contribution in [3.63, 3.8) is 0 Å². The lowest BCUT2D eigenvalue weighted by Crippen LogP contribution is -2.14. The number of hydrogen-bond acceptors (Lipinski definition) is 3. The number of aliphatic hydroxyl groups is 2. The van der Waals surface area contributed by atoms with Crippen LogP contribution in [0.4, 0.5) is 0 Å². The summed E-state index contributed by atoms with van der Waals surface area (Å²) in [6, 6.07) is 0. The zero-order valence-electron chi connectivity index (χ0n) is 5.99. The van der Waals surface area contributed by atoms with E-state index in [1.807, 2.05) is 0 Å². The zero-order valence-corrected chi connectivity index (χ0v) is 5.99. The first kappa shape index (κ1) is 7.98. The van der Waals surface area contributed by atoms with E-state index >= 15 is 0 Å². The van der Waals surface area contributed by atoms with Crippen LogP contribution in [0, 0.1) is 5.92 Å². The molecule has 1 rings (SSSR count). The summed E-state index contributed by atoms with van der Waals surface area (Å²) >= 11 is 0. The Morgan fingerprint density at radius 1 is 1.50 bits per heavy atom. The van der Waals surface area contributed by atoms with Gasteiger partial charge in [0, 0.05) is 12.5 Å². The molecule has 0 radical (unpaired) electrons. The van der Waals surface area contributed by atoms with Gasteiger partial charge < -0.3 is 14.9 Å². The van der Waals surface area contributed by atoms with Gasteiger partial charge in [-0.2, -0.15) is 0 Å². The third-order valence-electron chi connectivity index (χ3n) is 1.91. The van der Waals surface area contributed by atoms with Gasteiger partial charge in [-0.15, -0.1) is 0 Å². The molecule has 2 atom stereocenters. The molecule has 0 amide bonds. The predicted octanol–water partition coefficient (Wildman–Crippen LogP) is 0.114. The Morgan fingerprint density at radius 2 is 2.30 bits per heavy atom. The van der Waals surface area contributed by atoms with E-state index in [1.165, 1.54) is 0 Å². The molecule has 0 aliphatic carbocycles. The summed E-state index contributed by atoms with van der Waals surface area (Å²) in [5.74, 6) is 0.257. The van der Waals surface area contributed by atoms with E-state index in [-0.39, 0.29) is 12.5 Å². The number of ether oxygens (including phenoxy) is 1. The first-order chi connectivity index (χ1) is 4.84. The second-order valence-corrected chi connectivity index (χ2v) is 2.68. The highest BCUT2D eigenvalue weighted by Gasteiger charge is 2.24. The van der Waals surface area contributed by atoms with E-state index in [0.29, 0.717) is 6.61 Å². The lowest BCUT2D eigenvalue weighted by atomic mass is 10.0. The maximum atomic E-state index is 9.11. The van der Waals surface area contributed by atoms with Crippen LogP contribution in [-0.4, -0.2) is 29.7 Å². The average molecular weight is 146 g/mol. The second kappa shape index (κ2) is 3.91. The molecule has 1 fully saturated rings. The van der Waals surface area contributed by atoms with Crippen molar-refractivity contribution >= 4 is 0 Å². The van der Waals surface area contributed by atoms with E-state index in [0.717, 1.165) is 19.3 Å². The van der Waals surface area contributed by atoms with Gasteiger partial charge in [0.25, 0.3) is 0 Å². The van der Waals surface area contributed by atoms with Crippen molar-refractivity contribution in [1.82, 2.24) is 0 Å². The second-order valence-electron chi connectivity index (χ2n) is 2.68. The minimum Gasteiger partial charge on any atom is -0.396 e. The number of aliphatic hydroxyl groups excluding tert-OH is 2. The van der Waals surface area contributed by atoms with Crippen molar-refractivity contribution in [2.24, 2.45) is 5.92 Å². The van der Waals surface area contributed by atoms with E-state index in [4.69, 9.17) is 14.9 Å². The van der Waals surface area contributed by atoms with E-state index in [1.54, 1.807) is 0 Å². The van der Waals surface area contributed by atoms with Crippen molar-refractivity contribution in [3.8, 4) is 0 Å². The molecule has 1 heterocycles. The Balaban J connectivity index is 2.14. The molecular weight excluding hydrogens is 132 g/mol. The first-order valence-corrected chi connectivity index (χ1v) is 3.75. The van der Waals surface area contributed by atoms with Crippen LogP contribution in [0.5, 0.6) is 0 Å². The van der Waals surface area contributed by atoms with Gasteiger partial charge in [-0.05, 0) is 19.3 Å². The van der Waals surface area contributed by atoms with Gasteiger partial charge in [0.05, 0.1) is 6.61 Å². The summed E-state index contributed by atoms with van der Waals surface area (Å²) < 4.78 is 4.94. The summed E-state index contributed by atoms with van der Waals surface area (Å²) in [4.78, 5) is 0. The molecule has 1 aliphatic heterocycles. The number of hydrogen-bond donors (Lipinski definition) is 2. The maximum Gasteiger partial charge on any atom is 0.157 e. The molecule has 60 valence electrons. The molecule has 0 bridgehead atoms. The Hall–Kier alpha value is -0.120. The molecule has 1 saturated heterocycles. The standard InChI is InChI=1S/C7H14O3/c8-4-1-2-6-3-5-10-7(6)9/h6-9H,1-5H2. The molecule has 0 spiro atoms. The normalized spacial score (nSPS) is 33.0. The highest BCUT2D eigenvalue weighted by Crippen LogP contribution is 2.22. The van der Waals surface area contributed by atoms with Crippen LogP contribution in [-0.2, 0) is 4.74 Å². The molecule has 10 heavy (non-hydrogen) atoms. The summed E-state index contributed by atoms with van der Waals surface area (Å²) in [5.41, 5.74) is 0. The van der Waals surface area contributed by atoms with E-state index < -0.39 is 6.29 Å². The van der Waals surface area contributed by atoms with E-state index in [2.05, 4.69) is 0 Å². The predicted molar refractivity (Wildman–Crippen MR) is 36.4 cm³/mol. The van der Waals surface area contributed by atoms with Crippen LogP contribution in [0.2, 0.25) is 0 Å². The van der Waals surface area contributed by atoms with Crippen LogP contribution in [0.15, 0.2) is 0 Å². The lowest BCUT2D eigenvalue weighted by Gasteiger charge is -2.10. The summed E-state index contributed by atoms with van der Waals surface area (Å²) in [7, 11) is 0. The van der Waals surface area contributed by atoms with Crippen molar-refractivity contribution in [2.75, 3.05) is 13.2 Å². The molecule has 0 aromatic heterocycles. The van der Waals surface area contributed by atoms with Crippen molar-refractivity contribution in [2.45, 2.75) is 25.6 Å². The molecule has 1 aliphatic rings. The third kappa shape index (κ3) is 1.94. The highest BCUT2D eigenvalue weighted by atomic mass is 16.6. The van der Waals surface area contributed by atoms with Gasteiger partial charge in [-0.1, -0.05) is 0 Å². The van der Waals surface area contributed by atoms with E-state index in [9.17, 15) is 0 Å². The quantitative estimate of drug-likeness (QED) is 0.594. The summed E-state index contributed by atoms with van der Waals surface area (Å²) in [6.45, 7) is 0.875. The Labute approximate surface area is 60.6 Å². The van der Waals surface area contributed by atoms with Crippen LogP contribution in [0.1, 0.15) is 19.3 Å². The molecule has 2 unspecified atom stereocenters. The molecule has 0 aromatic rings. The van der Waals surface area contributed by atoms with Crippen LogP contribution >= 0.6 is 0 Å².